The number of rotatable bonds is 2. The van der Waals surface area contributed by atoms with Gasteiger partial charge < -0.3 is 5.32 Å². The van der Waals surface area contributed by atoms with Crippen LogP contribution in [0.1, 0.15) is 11.3 Å². The molecule has 116 valence electrons. The first-order valence-corrected chi connectivity index (χ1v) is 7.56. The number of nitrogens with zero attached hydrogens (tertiary/aromatic N) is 2. The lowest BCUT2D eigenvalue weighted by molar-refractivity contribution is 0.618. The molecule has 0 aliphatic carbocycles. The zero-order valence-corrected chi connectivity index (χ0v) is 12.4. The second-order valence-corrected chi connectivity index (χ2v) is 5.57. The maximum absolute atomic E-state index is 14.2. The Morgan fingerprint density at radius 3 is 2.57 bits per heavy atom. The topological polar surface area (TPSA) is 29.9 Å². The molecule has 2 heterocycles. The van der Waals surface area contributed by atoms with Crippen LogP contribution < -0.4 is 5.32 Å². The molecule has 0 fully saturated rings. The van der Waals surface area contributed by atoms with E-state index in [1.807, 2.05) is 0 Å². The lowest BCUT2D eigenvalue weighted by Gasteiger charge is -2.15. The summed E-state index contributed by atoms with van der Waals surface area (Å²) in [5, 5.41) is 7.95. The van der Waals surface area contributed by atoms with Crippen molar-refractivity contribution in [3.8, 4) is 16.9 Å². The Kier molecular flexibility index (Phi) is 3.42. The van der Waals surface area contributed by atoms with Gasteiger partial charge in [0.2, 0.25) is 0 Å². The van der Waals surface area contributed by atoms with E-state index in [-0.39, 0.29) is 11.6 Å². The van der Waals surface area contributed by atoms with Crippen LogP contribution >= 0.6 is 0 Å². The minimum Gasteiger partial charge on any atom is -0.312 e. The van der Waals surface area contributed by atoms with Gasteiger partial charge in [-0.15, -0.1) is 0 Å². The van der Waals surface area contributed by atoms with Gasteiger partial charge in [0.25, 0.3) is 0 Å². The smallest absolute Gasteiger partial charge is 0.132 e. The molecule has 1 aliphatic rings. The second-order valence-electron chi connectivity index (χ2n) is 5.57. The summed E-state index contributed by atoms with van der Waals surface area (Å²) in [6.45, 7) is 1.50. The minimum absolute atomic E-state index is 0.286. The highest BCUT2D eigenvalue weighted by Gasteiger charge is 2.23. The summed E-state index contributed by atoms with van der Waals surface area (Å²) in [5.74, 6) is -0.574. The molecule has 4 rings (SSSR count). The van der Waals surface area contributed by atoms with Crippen molar-refractivity contribution in [1.29, 1.82) is 0 Å². The fourth-order valence-electron chi connectivity index (χ4n) is 3.01. The first kappa shape index (κ1) is 14.1. The maximum Gasteiger partial charge on any atom is 0.132 e. The van der Waals surface area contributed by atoms with Gasteiger partial charge in [-0.2, -0.15) is 5.10 Å². The molecule has 1 aliphatic heterocycles. The Bertz CT molecular complexity index is 853. The number of aromatic nitrogens is 2. The first-order valence-electron chi connectivity index (χ1n) is 7.56. The molecule has 0 unspecified atom stereocenters. The third-order valence-electron chi connectivity index (χ3n) is 4.13. The maximum atomic E-state index is 14.2. The van der Waals surface area contributed by atoms with Crippen LogP contribution in [0.25, 0.3) is 16.9 Å². The van der Waals surface area contributed by atoms with E-state index in [1.165, 1.54) is 18.2 Å². The van der Waals surface area contributed by atoms with E-state index in [0.29, 0.717) is 17.8 Å². The molecule has 1 aromatic heterocycles. The van der Waals surface area contributed by atoms with Crippen LogP contribution in [0.3, 0.4) is 0 Å². The predicted molar refractivity (Wildman–Crippen MR) is 84.3 cm³/mol. The molecule has 0 amide bonds. The number of hydrogen-bond acceptors (Lipinski definition) is 2. The fraction of sp³-hybridized carbons (Fsp3) is 0.167. The molecule has 1 N–H and O–H groups in total. The Hall–Kier alpha value is -2.53. The van der Waals surface area contributed by atoms with Crippen molar-refractivity contribution in [2.45, 2.75) is 13.0 Å². The highest BCUT2D eigenvalue weighted by Crippen LogP contribution is 2.31. The number of hydrogen-bond donors (Lipinski definition) is 1. The molecule has 0 bridgehead atoms. The highest BCUT2D eigenvalue weighted by atomic mass is 19.1. The molecule has 23 heavy (non-hydrogen) atoms. The van der Waals surface area contributed by atoms with Crippen LogP contribution in [0.4, 0.5) is 8.78 Å². The Morgan fingerprint density at radius 2 is 1.78 bits per heavy atom. The van der Waals surface area contributed by atoms with Gasteiger partial charge in [0, 0.05) is 30.6 Å². The summed E-state index contributed by atoms with van der Waals surface area (Å²) in [4.78, 5) is 0. The molecule has 3 nitrogen and oxygen atoms in total. The van der Waals surface area contributed by atoms with Crippen molar-refractivity contribution in [1.82, 2.24) is 15.1 Å². The van der Waals surface area contributed by atoms with Gasteiger partial charge in [-0.3, -0.25) is 0 Å². The monoisotopic (exact) mass is 311 g/mol. The zero-order valence-electron chi connectivity index (χ0n) is 12.4. The first-order chi connectivity index (χ1) is 11.2. The second kappa shape index (κ2) is 5.59. The number of benzene rings is 2. The van der Waals surface area contributed by atoms with Crippen LogP contribution in [0.5, 0.6) is 0 Å². The Labute approximate surface area is 132 Å². The zero-order chi connectivity index (χ0) is 15.8. The highest BCUT2D eigenvalue weighted by molar-refractivity contribution is 5.66. The van der Waals surface area contributed by atoms with Crippen molar-refractivity contribution in [2.24, 2.45) is 0 Å². The van der Waals surface area contributed by atoms with E-state index >= 15 is 0 Å². The van der Waals surface area contributed by atoms with Gasteiger partial charge >= 0.3 is 0 Å². The van der Waals surface area contributed by atoms with Gasteiger partial charge in [-0.25, -0.2) is 13.5 Å². The Morgan fingerprint density at radius 1 is 1.00 bits per heavy atom. The summed E-state index contributed by atoms with van der Waals surface area (Å²) in [6.07, 6.45) is 0.800. The molecule has 0 saturated heterocycles. The fourth-order valence-corrected chi connectivity index (χ4v) is 3.01. The van der Waals surface area contributed by atoms with E-state index in [0.717, 1.165) is 29.9 Å². The lowest BCUT2D eigenvalue weighted by atomic mass is 10.0. The molecular formula is C18H15F2N3. The average molecular weight is 311 g/mol. The summed E-state index contributed by atoms with van der Waals surface area (Å²) >= 11 is 0. The normalized spacial score (nSPS) is 13.8. The summed E-state index contributed by atoms with van der Waals surface area (Å²) in [6, 6.07) is 12.8. The summed E-state index contributed by atoms with van der Waals surface area (Å²) < 4.78 is 29.2. The van der Waals surface area contributed by atoms with E-state index in [9.17, 15) is 8.78 Å². The predicted octanol–water partition coefficient (Wildman–Crippen LogP) is 3.46. The summed E-state index contributed by atoms with van der Waals surface area (Å²) in [5.41, 5.74) is 3.98. The van der Waals surface area contributed by atoms with Gasteiger partial charge in [-0.05, 0) is 36.4 Å². The molecule has 0 saturated carbocycles. The minimum atomic E-state index is -0.287. The van der Waals surface area contributed by atoms with Crippen LogP contribution in [0.2, 0.25) is 0 Å². The third kappa shape index (κ3) is 2.43. The van der Waals surface area contributed by atoms with E-state index in [2.05, 4.69) is 10.4 Å². The Balaban J connectivity index is 1.92. The quantitative estimate of drug-likeness (QED) is 0.785. The van der Waals surface area contributed by atoms with Crippen LogP contribution in [-0.4, -0.2) is 16.3 Å². The van der Waals surface area contributed by atoms with E-state index in [4.69, 9.17) is 0 Å². The lowest BCUT2D eigenvalue weighted by Crippen LogP contribution is -2.24. The SMILES string of the molecule is Fc1ccc(-n2nc(-c3ccccc3F)c3c2CCNC3)cc1. The molecule has 5 heteroatoms. The van der Waals surface area contributed by atoms with Crippen molar-refractivity contribution >= 4 is 0 Å². The van der Waals surface area contributed by atoms with Crippen LogP contribution in [0, 0.1) is 11.6 Å². The van der Waals surface area contributed by atoms with Gasteiger partial charge in [0.05, 0.1) is 11.4 Å². The molecule has 2 aromatic carbocycles. The van der Waals surface area contributed by atoms with Crippen LogP contribution in [-0.2, 0) is 13.0 Å². The number of halogens is 2. The van der Waals surface area contributed by atoms with Gasteiger partial charge in [0.15, 0.2) is 0 Å². The number of fused-ring (bicyclic) bond motifs is 1. The van der Waals surface area contributed by atoms with Crippen molar-refractivity contribution < 1.29 is 8.78 Å². The largest absolute Gasteiger partial charge is 0.312 e. The molecule has 3 aromatic rings. The molecule has 0 atom stereocenters. The van der Waals surface area contributed by atoms with Crippen molar-refractivity contribution in [3.05, 3.63) is 71.4 Å². The average Bonchev–Trinajstić information content (AvgIpc) is 2.96. The van der Waals surface area contributed by atoms with Gasteiger partial charge in [-0.1, -0.05) is 12.1 Å². The van der Waals surface area contributed by atoms with Gasteiger partial charge in [0.1, 0.15) is 17.3 Å². The standard InChI is InChI=1S/C18H15F2N3/c19-12-5-7-13(8-6-12)23-17-9-10-21-11-15(17)18(22-23)14-3-1-2-4-16(14)20/h1-8,21H,9-11H2. The van der Waals surface area contributed by atoms with Crippen molar-refractivity contribution in [3.63, 3.8) is 0 Å². The number of nitrogens with one attached hydrogen (secondary N) is 1. The van der Waals surface area contributed by atoms with E-state index < -0.39 is 0 Å². The summed E-state index contributed by atoms with van der Waals surface area (Å²) in [7, 11) is 0. The van der Waals surface area contributed by atoms with E-state index in [1.54, 1.807) is 35.0 Å². The molecule has 0 radical (unpaired) electrons. The van der Waals surface area contributed by atoms with Crippen LogP contribution in [0.15, 0.2) is 48.5 Å². The van der Waals surface area contributed by atoms with Crippen molar-refractivity contribution in [2.75, 3.05) is 6.54 Å². The molecular weight excluding hydrogens is 296 g/mol. The molecule has 0 spiro atoms. The third-order valence-corrected chi connectivity index (χ3v) is 4.13.